The molecule has 8 heteroatoms. The monoisotopic (exact) mass is 641 g/mol. The van der Waals surface area contributed by atoms with Crippen LogP contribution in [0.2, 0.25) is 0 Å². The molecule has 0 amide bonds. The van der Waals surface area contributed by atoms with Gasteiger partial charge in [-0.25, -0.2) is 0 Å². The highest BCUT2D eigenvalue weighted by molar-refractivity contribution is 7.85. The summed E-state index contributed by atoms with van der Waals surface area (Å²) in [6, 6.07) is 38.6. The Labute approximate surface area is 274 Å². The van der Waals surface area contributed by atoms with Crippen LogP contribution in [0.5, 0.6) is 34.5 Å². The van der Waals surface area contributed by atoms with Crippen LogP contribution in [0.1, 0.15) is 16.7 Å². The Hall–Kier alpha value is -5.65. The van der Waals surface area contributed by atoms with Crippen LogP contribution in [0.25, 0.3) is 0 Å². The molecule has 0 radical (unpaired) electrons. The molecule has 0 aliphatic rings. The van der Waals surface area contributed by atoms with Gasteiger partial charge in [-0.3, -0.25) is 0 Å². The van der Waals surface area contributed by atoms with Crippen LogP contribution >= 0.6 is 7.14 Å². The van der Waals surface area contributed by atoms with Gasteiger partial charge >= 0.3 is 0 Å². The van der Waals surface area contributed by atoms with E-state index in [0.717, 1.165) is 16.7 Å². The Kier molecular flexibility index (Phi) is 8.66. The zero-order valence-electron chi connectivity index (χ0n) is 26.4. The lowest BCUT2D eigenvalue weighted by Gasteiger charge is -2.21. The standard InChI is InChI=1S/C39H36N3O4P/c1-25-22-28(40)4-19-37(25)44-31-7-13-34(14-8-31)47(43,35-15-9-32(10-16-35)45-38-20-5-29(41)23-26(38)2)36-17-11-33(12-18-36)46-39-21-6-30(42)24-27(39)3/h4-24H,40-42H2,1-3H3. The number of nitrogen functional groups attached to an aromatic ring is 3. The number of hydrogen-bond donors (Lipinski definition) is 3. The second-order valence-electron chi connectivity index (χ2n) is 11.5. The van der Waals surface area contributed by atoms with Gasteiger partial charge in [0, 0.05) is 33.0 Å². The van der Waals surface area contributed by atoms with E-state index in [9.17, 15) is 0 Å². The highest BCUT2D eigenvalue weighted by atomic mass is 31.2. The lowest BCUT2D eigenvalue weighted by atomic mass is 10.2. The van der Waals surface area contributed by atoms with E-state index in [1.54, 1.807) is 18.2 Å². The van der Waals surface area contributed by atoms with Crippen molar-refractivity contribution in [2.75, 3.05) is 17.2 Å². The first kappa shape index (κ1) is 31.3. The van der Waals surface area contributed by atoms with Gasteiger partial charge in [-0.1, -0.05) is 0 Å². The first-order valence-corrected chi connectivity index (χ1v) is 16.8. The average molecular weight is 642 g/mol. The summed E-state index contributed by atoms with van der Waals surface area (Å²) in [4.78, 5) is 0. The van der Waals surface area contributed by atoms with Crippen LogP contribution in [0.4, 0.5) is 17.1 Å². The SMILES string of the molecule is Cc1cc(N)ccc1Oc1ccc(P(=O)(c2ccc(Oc3ccc(N)cc3C)cc2)c2ccc(Oc3ccc(N)cc3C)cc2)cc1. The lowest BCUT2D eigenvalue weighted by Crippen LogP contribution is -2.25. The molecule has 47 heavy (non-hydrogen) atoms. The minimum atomic E-state index is -3.35. The summed E-state index contributed by atoms with van der Waals surface area (Å²) in [5.74, 6) is 3.98. The maximum atomic E-state index is 15.3. The molecule has 7 nitrogen and oxygen atoms in total. The van der Waals surface area contributed by atoms with Crippen LogP contribution in [-0.2, 0) is 4.57 Å². The maximum absolute atomic E-state index is 15.3. The quantitative estimate of drug-likeness (QED) is 0.107. The lowest BCUT2D eigenvalue weighted by molar-refractivity contribution is 0.479. The van der Waals surface area contributed by atoms with Crippen molar-refractivity contribution in [3.05, 3.63) is 144 Å². The predicted octanol–water partition coefficient (Wildman–Crippen LogP) is 8.37. The van der Waals surface area contributed by atoms with E-state index in [-0.39, 0.29) is 0 Å². The van der Waals surface area contributed by atoms with E-state index in [1.807, 2.05) is 130 Å². The molecule has 0 bridgehead atoms. The number of anilines is 3. The first-order chi connectivity index (χ1) is 22.6. The average Bonchev–Trinajstić information content (AvgIpc) is 3.06. The van der Waals surface area contributed by atoms with Crippen molar-refractivity contribution >= 4 is 40.1 Å². The maximum Gasteiger partial charge on any atom is 0.171 e. The molecule has 0 aliphatic heterocycles. The molecule has 0 spiro atoms. The second-order valence-corrected chi connectivity index (χ2v) is 14.2. The van der Waals surface area contributed by atoms with Gasteiger partial charge in [-0.2, -0.15) is 0 Å². The fraction of sp³-hybridized carbons (Fsp3) is 0.0769. The Morgan fingerprint density at radius 3 is 0.894 bits per heavy atom. The molecule has 0 aliphatic carbocycles. The summed E-state index contributed by atoms with van der Waals surface area (Å²) in [6.45, 7) is 5.83. The molecule has 0 atom stereocenters. The zero-order chi connectivity index (χ0) is 33.1. The van der Waals surface area contributed by atoms with Crippen LogP contribution in [-0.4, -0.2) is 0 Å². The van der Waals surface area contributed by atoms with Gasteiger partial charge in [-0.15, -0.1) is 0 Å². The topological polar surface area (TPSA) is 123 Å². The second kappa shape index (κ2) is 13.0. The number of nitrogens with two attached hydrogens (primary N) is 3. The van der Waals surface area contributed by atoms with E-state index < -0.39 is 7.14 Å². The Morgan fingerprint density at radius 1 is 0.404 bits per heavy atom. The molecule has 6 rings (SSSR count). The number of ether oxygens (including phenoxy) is 3. The van der Waals surface area contributed by atoms with E-state index in [1.165, 1.54) is 0 Å². The molecule has 6 N–H and O–H groups in total. The predicted molar refractivity (Wildman–Crippen MR) is 193 cm³/mol. The third-order valence-corrected chi connectivity index (χ3v) is 11.0. The third kappa shape index (κ3) is 6.81. The van der Waals surface area contributed by atoms with Crippen molar-refractivity contribution in [1.82, 2.24) is 0 Å². The van der Waals surface area contributed by atoms with E-state index >= 15 is 4.57 Å². The Bertz CT molecular complexity index is 1850. The summed E-state index contributed by atoms with van der Waals surface area (Å²) in [7, 11) is -3.35. The van der Waals surface area contributed by atoms with Crippen molar-refractivity contribution in [2.45, 2.75) is 20.8 Å². The molecule has 0 heterocycles. The number of aryl methyl sites for hydroxylation is 3. The van der Waals surface area contributed by atoms with E-state index in [0.29, 0.717) is 67.5 Å². The smallest absolute Gasteiger partial charge is 0.171 e. The summed E-state index contributed by atoms with van der Waals surface area (Å²) in [5.41, 5.74) is 22.5. The van der Waals surface area contributed by atoms with E-state index in [4.69, 9.17) is 31.4 Å². The summed E-state index contributed by atoms with van der Waals surface area (Å²) in [6.07, 6.45) is 0. The molecule has 0 fully saturated rings. The third-order valence-electron chi connectivity index (χ3n) is 7.88. The van der Waals surface area contributed by atoms with Gasteiger partial charge in [0.15, 0.2) is 7.14 Å². The summed E-state index contributed by atoms with van der Waals surface area (Å²) < 4.78 is 33.7. The fourth-order valence-electron chi connectivity index (χ4n) is 5.36. The normalized spacial score (nSPS) is 11.2. The molecular formula is C39H36N3O4P. The molecule has 6 aromatic rings. The molecule has 236 valence electrons. The van der Waals surface area contributed by atoms with Gasteiger partial charge < -0.3 is 36.0 Å². The highest BCUT2D eigenvalue weighted by Gasteiger charge is 2.30. The zero-order valence-corrected chi connectivity index (χ0v) is 27.3. The summed E-state index contributed by atoms with van der Waals surface area (Å²) >= 11 is 0. The van der Waals surface area contributed by atoms with Crippen molar-refractivity contribution in [2.24, 2.45) is 0 Å². The van der Waals surface area contributed by atoms with Crippen molar-refractivity contribution in [3.8, 4) is 34.5 Å². The first-order valence-electron chi connectivity index (χ1n) is 15.1. The van der Waals surface area contributed by atoms with Crippen molar-refractivity contribution in [3.63, 3.8) is 0 Å². The number of benzene rings is 6. The van der Waals surface area contributed by atoms with Gasteiger partial charge in [0.2, 0.25) is 0 Å². The molecule has 6 aromatic carbocycles. The molecule has 0 unspecified atom stereocenters. The van der Waals surface area contributed by atoms with Gasteiger partial charge in [-0.05, 0) is 165 Å². The Balaban J connectivity index is 1.34. The molecule has 0 saturated carbocycles. The molecule has 0 saturated heterocycles. The minimum Gasteiger partial charge on any atom is -0.457 e. The molecule has 0 aromatic heterocycles. The van der Waals surface area contributed by atoms with Crippen molar-refractivity contribution in [1.29, 1.82) is 0 Å². The van der Waals surface area contributed by atoms with Crippen LogP contribution in [0, 0.1) is 20.8 Å². The Morgan fingerprint density at radius 2 is 0.660 bits per heavy atom. The summed E-state index contributed by atoms with van der Waals surface area (Å²) in [5, 5.41) is 1.97. The van der Waals surface area contributed by atoms with Crippen LogP contribution in [0.3, 0.4) is 0 Å². The van der Waals surface area contributed by atoms with Crippen molar-refractivity contribution < 1.29 is 18.8 Å². The van der Waals surface area contributed by atoms with Crippen LogP contribution < -0.4 is 47.3 Å². The van der Waals surface area contributed by atoms with E-state index in [2.05, 4.69) is 0 Å². The van der Waals surface area contributed by atoms with Crippen LogP contribution in [0.15, 0.2) is 127 Å². The largest absolute Gasteiger partial charge is 0.457 e. The highest BCUT2D eigenvalue weighted by Crippen LogP contribution is 2.44. The number of hydrogen-bond acceptors (Lipinski definition) is 7. The fourth-order valence-corrected chi connectivity index (χ4v) is 7.96. The van der Waals surface area contributed by atoms with Gasteiger partial charge in [0.25, 0.3) is 0 Å². The van der Waals surface area contributed by atoms with Gasteiger partial charge in [0.1, 0.15) is 34.5 Å². The van der Waals surface area contributed by atoms with Gasteiger partial charge in [0.05, 0.1) is 0 Å². The molecular weight excluding hydrogens is 605 g/mol. The number of rotatable bonds is 9. The minimum absolute atomic E-state index is 0.624.